The number of carbonyl (C=O) groups is 2. The number of carbonyl (C=O) groups excluding carboxylic acids is 2. The van der Waals surface area contributed by atoms with Crippen LogP contribution in [0.1, 0.15) is 13.8 Å². The molecule has 6 heteroatoms. The third kappa shape index (κ3) is 11.1. The number of methoxy groups -OCH3 is 1. The predicted molar refractivity (Wildman–Crippen MR) is 65.6 cm³/mol. The van der Waals surface area contributed by atoms with Crippen LogP contribution in [0.3, 0.4) is 0 Å². The molecule has 100 valence electrons. The Hall–Kier alpha value is -1.14. The molecule has 0 aromatic rings. The molecule has 0 aromatic heterocycles. The van der Waals surface area contributed by atoms with Crippen molar-refractivity contribution in [2.24, 2.45) is 5.92 Å². The SMILES string of the molecule is COCCNCC(=O)NCC(=O)NCC(C)C. The molecule has 0 atom stereocenters. The quantitative estimate of drug-likeness (QED) is 0.460. The molecule has 6 nitrogen and oxygen atoms in total. The van der Waals surface area contributed by atoms with E-state index < -0.39 is 0 Å². The lowest BCUT2D eigenvalue weighted by Gasteiger charge is -2.09. The van der Waals surface area contributed by atoms with E-state index in [1.165, 1.54) is 0 Å². The second-order valence-electron chi connectivity index (χ2n) is 4.14. The van der Waals surface area contributed by atoms with Gasteiger partial charge in [0.15, 0.2) is 0 Å². The number of nitrogens with one attached hydrogen (secondary N) is 3. The van der Waals surface area contributed by atoms with Crippen molar-refractivity contribution in [3.63, 3.8) is 0 Å². The van der Waals surface area contributed by atoms with Crippen LogP contribution in [-0.4, -0.2) is 51.7 Å². The molecule has 2 amide bonds. The maximum Gasteiger partial charge on any atom is 0.239 e. The maximum atomic E-state index is 11.3. The zero-order valence-electron chi connectivity index (χ0n) is 10.8. The Bertz CT molecular complexity index is 232. The Morgan fingerprint density at radius 3 is 2.35 bits per heavy atom. The van der Waals surface area contributed by atoms with E-state index in [2.05, 4.69) is 16.0 Å². The van der Waals surface area contributed by atoms with Crippen LogP contribution in [0.25, 0.3) is 0 Å². The Morgan fingerprint density at radius 1 is 1.12 bits per heavy atom. The Kier molecular flexibility index (Phi) is 9.37. The topological polar surface area (TPSA) is 79.5 Å². The molecular formula is C11H23N3O3. The number of hydrogen-bond acceptors (Lipinski definition) is 4. The van der Waals surface area contributed by atoms with Gasteiger partial charge >= 0.3 is 0 Å². The van der Waals surface area contributed by atoms with Crippen LogP contribution < -0.4 is 16.0 Å². The summed E-state index contributed by atoms with van der Waals surface area (Å²) < 4.78 is 4.82. The first-order chi connectivity index (χ1) is 8.06. The molecule has 0 saturated carbocycles. The highest BCUT2D eigenvalue weighted by molar-refractivity contribution is 5.85. The smallest absolute Gasteiger partial charge is 0.239 e. The minimum absolute atomic E-state index is 0.0253. The molecule has 0 rings (SSSR count). The van der Waals surface area contributed by atoms with Crippen molar-refractivity contribution in [2.75, 3.05) is 39.9 Å². The van der Waals surface area contributed by atoms with Crippen molar-refractivity contribution in [3.05, 3.63) is 0 Å². The molecule has 0 aliphatic carbocycles. The lowest BCUT2D eigenvalue weighted by Crippen LogP contribution is -2.41. The normalized spacial score (nSPS) is 10.4. The first-order valence-electron chi connectivity index (χ1n) is 5.79. The van der Waals surface area contributed by atoms with Gasteiger partial charge < -0.3 is 20.7 Å². The van der Waals surface area contributed by atoms with Crippen molar-refractivity contribution in [1.29, 1.82) is 0 Å². The molecule has 17 heavy (non-hydrogen) atoms. The van der Waals surface area contributed by atoms with Crippen LogP contribution in [-0.2, 0) is 14.3 Å². The summed E-state index contributed by atoms with van der Waals surface area (Å²) in [5.74, 6) is 0.0510. The van der Waals surface area contributed by atoms with Gasteiger partial charge in [0.25, 0.3) is 0 Å². The number of rotatable bonds is 9. The zero-order valence-corrected chi connectivity index (χ0v) is 10.8. The molecule has 0 radical (unpaired) electrons. The van der Waals surface area contributed by atoms with Gasteiger partial charge in [-0.15, -0.1) is 0 Å². The van der Waals surface area contributed by atoms with Gasteiger partial charge in [-0.25, -0.2) is 0 Å². The summed E-state index contributed by atoms with van der Waals surface area (Å²) in [6, 6.07) is 0. The van der Waals surface area contributed by atoms with Crippen LogP contribution >= 0.6 is 0 Å². The molecule has 0 unspecified atom stereocenters. The average Bonchev–Trinajstić information content (AvgIpc) is 2.29. The van der Waals surface area contributed by atoms with Gasteiger partial charge in [0.05, 0.1) is 19.7 Å². The minimum Gasteiger partial charge on any atom is -0.383 e. The molecular weight excluding hydrogens is 222 g/mol. The zero-order chi connectivity index (χ0) is 13.1. The van der Waals surface area contributed by atoms with Crippen LogP contribution in [0, 0.1) is 5.92 Å². The summed E-state index contributed by atoms with van der Waals surface area (Å²) in [5, 5.41) is 8.14. The predicted octanol–water partition coefficient (Wildman–Crippen LogP) is -0.889. The van der Waals surface area contributed by atoms with E-state index in [0.717, 1.165) is 0 Å². The van der Waals surface area contributed by atoms with Crippen LogP contribution in [0.2, 0.25) is 0 Å². The molecule has 0 aliphatic rings. The Labute approximate surface area is 102 Å². The van der Waals surface area contributed by atoms with E-state index in [4.69, 9.17) is 4.74 Å². The fourth-order valence-corrected chi connectivity index (χ4v) is 0.998. The molecule has 0 aliphatic heterocycles. The lowest BCUT2D eigenvalue weighted by atomic mass is 10.2. The molecule has 0 aromatic carbocycles. The van der Waals surface area contributed by atoms with Crippen molar-refractivity contribution in [1.82, 2.24) is 16.0 Å². The number of ether oxygens (including phenoxy) is 1. The third-order valence-electron chi connectivity index (χ3n) is 1.92. The van der Waals surface area contributed by atoms with E-state index in [9.17, 15) is 9.59 Å². The van der Waals surface area contributed by atoms with E-state index in [1.807, 2.05) is 13.8 Å². The summed E-state index contributed by atoms with van der Waals surface area (Å²) in [6.45, 7) is 6.04. The van der Waals surface area contributed by atoms with Gasteiger partial charge in [-0.2, -0.15) is 0 Å². The van der Waals surface area contributed by atoms with Crippen LogP contribution in [0.15, 0.2) is 0 Å². The highest BCUT2D eigenvalue weighted by atomic mass is 16.5. The monoisotopic (exact) mass is 245 g/mol. The van der Waals surface area contributed by atoms with Gasteiger partial charge in [-0.3, -0.25) is 9.59 Å². The minimum atomic E-state index is -0.194. The summed E-state index contributed by atoms with van der Waals surface area (Å²) in [6.07, 6.45) is 0. The second kappa shape index (κ2) is 10.0. The standard InChI is InChI=1S/C11H23N3O3/c1-9(2)6-13-11(16)8-14-10(15)7-12-4-5-17-3/h9,12H,4-8H2,1-3H3,(H,13,16)(H,14,15). The number of amides is 2. The molecule has 0 bridgehead atoms. The van der Waals surface area contributed by atoms with Crippen molar-refractivity contribution in [2.45, 2.75) is 13.8 Å². The van der Waals surface area contributed by atoms with E-state index in [-0.39, 0.29) is 24.9 Å². The largest absolute Gasteiger partial charge is 0.383 e. The lowest BCUT2D eigenvalue weighted by molar-refractivity contribution is -0.125. The summed E-state index contributed by atoms with van der Waals surface area (Å²) in [5.41, 5.74) is 0. The van der Waals surface area contributed by atoms with E-state index >= 15 is 0 Å². The molecule has 3 N–H and O–H groups in total. The highest BCUT2D eigenvalue weighted by Gasteiger charge is 2.05. The maximum absolute atomic E-state index is 11.3. The van der Waals surface area contributed by atoms with Crippen molar-refractivity contribution in [3.8, 4) is 0 Å². The Morgan fingerprint density at radius 2 is 1.76 bits per heavy atom. The van der Waals surface area contributed by atoms with E-state index in [1.54, 1.807) is 7.11 Å². The average molecular weight is 245 g/mol. The van der Waals surface area contributed by atoms with Gasteiger partial charge in [0.1, 0.15) is 0 Å². The molecule has 0 fully saturated rings. The van der Waals surface area contributed by atoms with Crippen molar-refractivity contribution < 1.29 is 14.3 Å². The number of hydrogen-bond donors (Lipinski definition) is 3. The van der Waals surface area contributed by atoms with Gasteiger partial charge in [0, 0.05) is 20.2 Å². The first-order valence-corrected chi connectivity index (χ1v) is 5.79. The van der Waals surface area contributed by atoms with Gasteiger partial charge in [-0.1, -0.05) is 13.8 Å². The summed E-state index contributed by atoms with van der Waals surface area (Å²) in [7, 11) is 1.60. The summed E-state index contributed by atoms with van der Waals surface area (Å²) >= 11 is 0. The van der Waals surface area contributed by atoms with Gasteiger partial charge in [0.2, 0.25) is 11.8 Å². The van der Waals surface area contributed by atoms with Crippen molar-refractivity contribution >= 4 is 11.8 Å². The molecule has 0 heterocycles. The highest BCUT2D eigenvalue weighted by Crippen LogP contribution is 1.86. The fraction of sp³-hybridized carbons (Fsp3) is 0.818. The van der Waals surface area contributed by atoms with E-state index in [0.29, 0.717) is 25.6 Å². The second-order valence-corrected chi connectivity index (χ2v) is 4.14. The molecule has 0 saturated heterocycles. The van der Waals surface area contributed by atoms with Crippen LogP contribution in [0.4, 0.5) is 0 Å². The fourth-order valence-electron chi connectivity index (χ4n) is 0.998. The Balaban J connectivity index is 3.45. The van der Waals surface area contributed by atoms with Crippen LogP contribution in [0.5, 0.6) is 0 Å². The first kappa shape index (κ1) is 15.9. The summed E-state index contributed by atoms with van der Waals surface area (Å²) in [4.78, 5) is 22.5. The third-order valence-corrected chi connectivity index (χ3v) is 1.92. The molecule has 0 spiro atoms. The van der Waals surface area contributed by atoms with Gasteiger partial charge in [-0.05, 0) is 5.92 Å².